The summed E-state index contributed by atoms with van der Waals surface area (Å²) < 4.78 is 1.14. The van der Waals surface area contributed by atoms with Gasteiger partial charge in [0, 0.05) is 27.7 Å². The Morgan fingerprint density at radius 1 is 1.56 bits per heavy atom. The van der Waals surface area contributed by atoms with E-state index in [9.17, 15) is 0 Å². The fraction of sp³-hybridized carbons (Fsp3) is 0.500. The van der Waals surface area contributed by atoms with Crippen molar-refractivity contribution in [2.75, 3.05) is 6.54 Å². The molecule has 0 aromatic carbocycles. The van der Waals surface area contributed by atoms with Crippen molar-refractivity contribution in [3.8, 4) is 0 Å². The highest BCUT2D eigenvalue weighted by molar-refractivity contribution is 9.10. The van der Waals surface area contributed by atoms with E-state index >= 15 is 0 Å². The van der Waals surface area contributed by atoms with Crippen LogP contribution in [0.1, 0.15) is 24.1 Å². The van der Waals surface area contributed by atoms with Crippen molar-refractivity contribution in [3.63, 3.8) is 0 Å². The summed E-state index contributed by atoms with van der Waals surface area (Å²) in [6.07, 6.45) is 2.63. The summed E-state index contributed by atoms with van der Waals surface area (Å²) in [6, 6.07) is 2.12. The number of rotatable bonds is 7. The first kappa shape index (κ1) is 13.5. The number of hydrogen-bond donors (Lipinski definition) is 3. The molecule has 6 heteroatoms. The molecule has 0 unspecified atom stereocenters. The second-order valence-corrected chi connectivity index (χ2v) is 5.37. The molecule has 1 heterocycles. The van der Waals surface area contributed by atoms with E-state index in [1.54, 1.807) is 11.3 Å². The Morgan fingerprint density at radius 3 is 3.00 bits per heavy atom. The van der Waals surface area contributed by atoms with Gasteiger partial charge in [-0.05, 0) is 41.4 Å². The summed E-state index contributed by atoms with van der Waals surface area (Å²) in [7, 11) is 0. The molecule has 0 saturated carbocycles. The lowest BCUT2D eigenvalue weighted by Gasteiger charge is -2.02. The third kappa shape index (κ3) is 5.48. The molecule has 0 aliphatic heterocycles. The summed E-state index contributed by atoms with van der Waals surface area (Å²) in [5.41, 5.74) is 5.36. The molecule has 16 heavy (non-hydrogen) atoms. The predicted molar refractivity (Wildman–Crippen MR) is 71.0 cm³/mol. The standard InChI is InChI=1S/C10H16BrN3OS/c11-8-5-9(16-7-8)6-13-4-2-1-3-10(12)14-15/h5,7,13,15H,1-4,6H2,(H2,12,14). The van der Waals surface area contributed by atoms with Gasteiger partial charge in [-0.2, -0.15) is 0 Å². The van der Waals surface area contributed by atoms with Gasteiger partial charge in [0.2, 0.25) is 0 Å². The maximum atomic E-state index is 8.33. The summed E-state index contributed by atoms with van der Waals surface area (Å²) >= 11 is 5.16. The first-order valence-electron chi connectivity index (χ1n) is 5.12. The Kier molecular flexibility index (Phi) is 6.44. The van der Waals surface area contributed by atoms with Gasteiger partial charge in [-0.3, -0.25) is 0 Å². The zero-order chi connectivity index (χ0) is 11.8. The van der Waals surface area contributed by atoms with E-state index in [0.717, 1.165) is 30.4 Å². The number of nitrogens with zero attached hydrogens (tertiary/aromatic N) is 1. The fourth-order valence-corrected chi connectivity index (χ4v) is 2.68. The SMILES string of the molecule is NC(CCCCNCc1cc(Br)cs1)=NO. The second kappa shape index (κ2) is 7.65. The number of oxime groups is 1. The van der Waals surface area contributed by atoms with Crippen LogP contribution < -0.4 is 11.1 Å². The van der Waals surface area contributed by atoms with Crippen molar-refractivity contribution in [3.05, 3.63) is 20.8 Å². The van der Waals surface area contributed by atoms with Crippen LogP contribution in [-0.4, -0.2) is 17.6 Å². The van der Waals surface area contributed by atoms with Crippen LogP contribution in [0.4, 0.5) is 0 Å². The Bertz CT molecular complexity index is 341. The van der Waals surface area contributed by atoms with Gasteiger partial charge in [0.05, 0.1) is 0 Å². The molecule has 0 atom stereocenters. The topological polar surface area (TPSA) is 70.6 Å². The summed E-state index contributed by atoms with van der Waals surface area (Å²) in [5, 5.41) is 16.7. The maximum absolute atomic E-state index is 8.33. The van der Waals surface area contributed by atoms with Crippen molar-refractivity contribution in [2.45, 2.75) is 25.8 Å². The van der Waals surface area contributed by atoms with Gasteiger partial charge in [0.25, 0.3) is 0 Å². The molecule has 0 aliphatic carbocycles. The third-order valence-electron chi connectivity index (χ3n) is 2.09. The van der Waals surface area contributed by atoms with Gasteiger partial charge < -0.3 is 16.3 Å². The molecular formula is C10H16BrN3OS. The number of nitrogens with one attached hydrogen (secondary N) is 1. The number of halogens is 1. The molecule has 90 valence electrons. The average Bonchev–Trinajstić information content (AvgIpc) is 2.69. The Labute approximate surface area is 108 Å². The minimum absolute atomic E-state index is 0.308. The molecule has 0 spiro atoms. The molecule has 1 aromatic rings. The highest BCUT2D eigenvalue weighted by Crippen LogP contribution is 2.19. The van der Waals surface area contributed by atoms with Crippen LogP contribution in [0.3, 0.4) is 0 Å². The molecule has 4 N–H and O–H groups in total. The highest BCUT2D eigenvalue weighted by atomic mass is 79.9. The second-order valence-electron chi connectivity index (χ2n) is 3.46. The average molecular weight is 306 g/mol. The summed E-state index contributed by atoms with van der Waals surface area (Å²) in [5.74, 6) is 0.308. The number of nitrogens with two attached hydrogens (primary N) is 1. The zero-order valence-electron chi connectivity index (χ0n) is 8.95. The number of thiophene rings is 1. The van der Waals surface area contributed by atoms with Crippen LogP contribution in [0.25, 0.3) is 0 Å². The molecule has 0 fully saturated rings. The lowest BCUT2D eigenvalue weighted by molar-refractivity contribution is 0.316. The quantitative estimate of drug-likeness (QED) is 0.238. The van der Waals surface area contributed by atoms with Crippen molar-refractivity contribution in [1.29, 1.82) is 0 Å². The van der Waals surface area contributed by atoms with E-state index in [4.69, 9.17) is 10.9 Å². The summed E-state index contributed by atoms with van der Waals surface area (Å²) in [4.78, 5) is 1.32. The van der Waals surface area contributed by atoms with Crippen LogP contribution >= 0.6 is 27.3 Å². The van der Waals surface area contributed by atoms with Gasteiger partial charge in [0.1, 0.15) is 5.84 Å². The van der Waals surface area contributed by atoms with E-state index in [2.05, 4.69) is 37.8 Å². The molecule has 0 radical (unpaired) electrons. The maximum Gasteiger partial charge on any atom is 0.139 e. The van der Waals surface area contributed by atoms with Gasteiger partial charge in [-0.1, -0.05) is 5.16 Å². The highest BCUT2D eigenvalue weighted by Gasteiger charge is 1.97. The van der Waals surface area contributed by atoms with Gasteiger partial charge in [-0.15, -0.1) is 11.3 Å². The monoisotopic (exact) mass is 305 g/mol. The van der Waals surface area contributed by atoms with E-state index in [1.165, 1.54) is 4.88 Å². The molecule has 1 rings (SSSR count). The van der Waals surface area contributed by atoms with E-state index in [-0.39, 0.29) is 0 Å². The van der Waals surface area contributed by atoms with Crippen LogP contribution in [-0.2, 0) is 6.54 Å². The van der Waals surface area contributed by atoms with Crippen molar-refractivity contribution in [1.82, 2.24) is 5.32 Å². The Balaban J connectivity index is 2.00. The van der Waals surface area contributed by atoms with E-state index in [1.807, 2.05) is 0 Å². The number of hydrogen-bond acceptors (Lipinski definition) is 4. The minimum Gasteiger partial charge on any atom is -0.409 e. The number of unbranched alkanes of at least 4 members (excludes halogenated alkanes) is 1. The minimum atomic E-state index is 0.308. The van der Waals surface area contributed by atoms with Crippen molar-refractivity contribution >= 4 is 33.1 Å². The van der Waals surface area contributed by atoms with E-state index in [0.29, 0.717) is 12.3 Å². The van der Waals surface area contributed by atoms with Crippen LogP contribution in [0, 0.1) is 0 Å². The smallest absolute Gasteiger partial charge is 0.139 e. The third-order valence-corrected chi connectivity index (χ3v) is 3.78. The lowest BCUT2D eigenvalue weighted by atomic mass is 10.2. The van der Waals surface area contributed by atoms with Crippen LogP contribution in [0.15, 0.2) is 21.1 Å². The van der Waals surface area contributed by atoms with Gasteiger partial charge in [-0.25, -0.2) is 0 Å². The normalized spacial score (nSPS) is 11.9. The molecular weight excluding hydrogens is 290 g/mol. The number of amidine groups is 1. The van der Waals surface area contributed by atoms with Gasteiger partial charge >= 0.3 is 0 Å². The predicted octanol–water partition coefficient (Wildman–Crippen LogP) is 2.52. The van der Waals surface area contributed by atoms with Crippen molar-refractivity contribution in [2.24, 2.45) is 10.9 Å². The fourth-order valence-electron chi connectivity index (χ4n) is 1.26. The molecule has 0 aliphatic rings. The van der Waals surface area contributed by atoms with Crippen molar-refractivity contribution < 1.29 is 5.21 Å². The molecule has 0 bridgehead atoms. The van der Waals surface area contributed by atoms with Crippen LogP contribution in [0.5, 0.6) is 0 Å². The lowest BCUT2D eigenvalue weighted by Crippen LogP contribution is -2.15. The molecule has 1 aromatic heterocycles. The Morgan fingerprint density at radius 2 is 2.38 bits per heavy atom. The molecule has 0 amide bonds. The first-order valence-corrected chi connectivity index (χ1v) is 6.79. The van der Waals surface area contributed by atoms with Crippen LogP contribution in [0.2, 0.25) is 0 Å². The molecule has 4 nitrogen and oxygen atoms in total. The first-order chi connectivity index (χ1) is 7.72. The van der Waals surface area contributed by atoms with E-state index < -0.39 is 0 Å². The summed E-state index contributed by atoms with van der Waals surface area (Å²) in [6.45, 7) is 1.86. The largest absolute Gasteiger partial charge is 0.409 e. The van der Waals surface area contributed by atoms with Gasteiger partial charge in [0.15, 0.2) is 0 Å². The molecule has 0 saturated heterocycles. The zero-order valence-corrected chi connectivity index (χ0v) is 11.4. The Hall–Kier alpha value is -0.590.